The van der Waals surface area contributed by atoms with Crippen LogP contribution in [0.25, 0.3) is 11.4 Å². The highest BCUT2D eigenvalue weighted by Crippen LogP contribution is 2.25. The summed E-state index contributed by atoms with van der Waals surface area (Å²) < 4.78 is 0. The first-order chi connectivity index (χ1) is 8.38. The first kappa shape index (κ1) is 12.7. The lowest BCUT2D eigenvalue weighted by Gasteiger charge is -2.20. The van der Waals surface area contributed by atoms with Crippen molar-refractivity contribution in [3.8, 4) is 11.4 Å². The van der Waals surface area contributed by atoms with E-state index in [1.807, 2.05) is 6.20 Å². The average Bonchev–Trinajstić information content (AvgIpc) is 2.29. The third-order valence-corrected chi connectivity index (χ3v) is 2.99. The van der Waals surface area contributed by atoms with Gasteiger partial charge in [0.1, 0.15) is 0 Å². The smallest absolute Gasteiger partial charge is 0.159 e. The molecule has 0 aliphatic heterocycles. The molecule has 2 aromatic rings. The second-order valence-electron chi connectivity index (χ2n) is 5.84. The lowest BCUT2D eigenvalue weighted by Crippen LogP contribution is -2.16. The van der Waals surface area contributed by atoms with E-state index in [4.69, 9.17) is 4.98 Å². The lowest BCUT2D eigenvalue weighted by molar-refractivity contribution is 0.563. The molecular formula is C16H20N2. The van der Waals surface area contributed by atoms with Crippen LogP contribution in [0.3, 0.4) is 0 Å². The Morgan fingerprint density at radius 1 is 0.944 bits per heavy atom. The molecule has 2 heteroatoms. The molecule has 0 fully saturated rings. The van der Waals surface area contributed by atoms with Gasteiger partial charge in [-0.15, -0.1) is 0 Å². The van der Waals surface area contributed by atoms with Gasteiger partial charge < -0.3 is 0 Å². The Labute approximate surface area is 109 Å². The highest BCUT2D eigenvalue weighted by atomic mass is 14.9. The van der Waals surface area contributed by atoms with Gasteiger partial charge in [-0.2, -0.15) is 0 Å². The second-order valence-corrected chi connectivity index (χ2v) is 5.84. The zero-order valence-electron chi connectivity index (χ0n) is 11.8. The Bertz CT molecular complexity index is 548. The van der Waals surface area contributed by atoms with Gasteiger partial charge in [-0.3, -0.25) is 0 Å². The molecule has 0 unspecified atom stereocenters. The number of hydrogen-bond donors (Lipinski definition) is 0. The summed E-state index contributed by atoms with van der Waals surface area (Å²) >= 11 is 0. The topological polar surface area (TPSA) is 25.8 Å². The molecule has 2 rings (SSSR count). The maximum Gasteiger partial charge on any atom is 0.159 e. The van der Waals surface area contributed by atoms with Crippen LogP contribution in [0.2, 0.25) is 0 Å². The van der Waals surface area contributed by atoms with Gasteiger partial charge >= 0.3 is 0 Å². The summed E-state index contributed by atoms with van der Waals surface area (Å²) in [4.78, 5) is 9.17. The third-order valence-electron chi connectivity index (χ3n) is 2.99. The van der Waals surface area contributed by atoms with Crippen LogP contribution < -0.4 is 0 Å². The van der Waals surface area contributed by atoms with Crippen molar-refractivity contribution in [3.63, 3.8) is 0 Å². The lowest BCUT2D eigenvalue weighted by atomic mass is 9.89. The maximum absolute atomic E-state index is 4.73. The molecule has 18 heavy (non-hydrogen) atoms. The number of aryl methyl sites for hydroxylation is 2. The predicted octanol–water partition coefficient (Wildman–Crippen LogP) is 4.06. The SMILES string of the molecule is Cc1ccc(-c2ncc(C)c(C(C)(C)C)n2)cc1. The molecule has 1 aromatic heterocycles. The molecule has 0 aliphatic rings. The molecule has 0 N–H and O–H groups in total. The Kier molecular flexibility index (Phi) is 3.20. The maximum atomic E-state index is 4.73. The van der Waals surface area contributed by atoms with E-state index in [1.165, 1.54) is 5.56 Å². The van der Waals surface area contributed by atoms with E-state index in [9.17, 15) is 0 Å². The zero-order chi connectivity index (χ0) is 13.3. The second kappa shape index (κ2) is 4.52. The molecule has 1 heterocycles. The molecular weight excluding hydrogens is 220 g/mol. The molecule has 1 aromatic carbocycles. The summed E-state index contributed by atoms with van der Waals surface area (Å²) in [5.74, 6) is 0.811. The van der Waals surface area contributed by atoms with Gasteiger partial charge in [-0.25, -0.2) is 9.97 Å². The van der Waals surface area contributed by atoms with E-state index >= 15 is 0 Å². The molecule has 0 bridgehead atoms. The molecule has 0 radical (unpaired) electrons. The zero-order valence-corrected chi connectivity index (χ0v) is 11.8. The number of benzene rings is 1. The van der Waals surface area contributed by atoms with Gasteiger partial charge in [0.05, 0.1) is 5.69 Å². The Balaban J connectivity index is 2.50. The van der Waals surface area contributed by atoms with Crippen LogP contribution in [0, 0.1) is 13.8 Å². The number of hydrogen-bond acceptors (Lipinski definition) is 2. The van der Waals surface area contributed by atoms with Crippen LogP contribution in [0.4, 0.5) is 0 Å². The highest BCUT2D eigenvalue weighted by Gasteiger charge is 2.19. The minimum Gasteiger partial charge on any atom is -0.236 e. The van der Waals surface area contributed by atoms with Crippen molar-refractivity contribution in [3.05, 3.63) is 47.3 Å². The summed E-state index contributed by atoms with van der Waals surface area (Å²) in [6, 6.07) is 8.34. The fourth-order valence-electron chi connectivity index (χ4n) is 2.04. The van der Waals surface area contributed by atoms with Crippen molar-refractivity contribution in [1.29, 1.82) is 0 Å². The first-order valence-corrected chi connectivity index (χ1v) is 6.29. The quantitative estimate of drug-likeness (QED) is 0.751. The average molecular weight is 240 g/mol. The number of nitrogens with zero attached hydrogens (tertiary/aromatic N) is 2. The fourth-order valence-corrected chi connectivity index (χ4v) is 2.04. The van der Waals surface area contributed by atoms with Gasteiger partial charge in [0, 0.05) is 17.2 Å². The van der Waals surface area contributed by atoms with Crippen molar-refractivity contribution in [2.24, 2.45) is 0 Å². The molecule has 94 valence electrons. The van der Waals surface area contributed by atoms with E-state index in [2.05, 4.69) is 63.9 Å². The van der Waals surface area contributed by atoms with Gasteiger partial charge in [0.15, 0.2) is 5.82 Å². The van der Waals surface area contributed by atoms with Gasteiger partial charge in [-0.05, 0) is 19.4 Å². The minimum atomic E-state index is 0.0481. The Hall–Kier alpha value is -1.70. The minimum absolute atomic E-state index is 0.0481. The highest BCUT2D eigenvalue weighted by molar-refractivity contribution is 5.55. The molecule has 0 saturated carbocycles. The van der Waals surface area contributed by atoms with Crippen molar-refractivity contribution >= 4 is 0 Å². The monoisotopic (exact) mass is 240 g/mol. The van der Waals surface area contributed by atoms with Crippen LogP contribution in [0.15, 0.2) is 30.5 Å². The van der Waals surface area contributed by atoms with Crippen molar-refractivity contribution < 1.29 is 0 Å². The van der Waals surface area contributed by atoms with E-state index in [0.29, 0.717) is 0 Å². The molecule has 0 spiro atoms. The fraction of sp³-hybridized carbons (Fsp3) is 0.375. The summed E-state index contributed by atoms with van der Waals surface area (Å²) in [7, 11) is 0. The Morgan fingerprint density at radius 2 is 1.56 bits per heavy atom. The molecule has 0 amide bonds. The van der Waals surface area contributed by atoms with Gasteiger partial charge in [-0.1, -0.05) is 50.6 Å². The van der Waals surface area contributed by atoms with E-state index in [-0.39, 0.29) is 5.41 Å². The third kappa shape index (κ3) is 2.58. The van der Waals surface area contributed by atoms with Crippen LogP contribution in [0.5, 0.6) is 0 Å². The molecule has 0 atom stereocenters. The van der Waals surface area contributed by atoms with Crippen LogP contribution in [0.1, 0.15) is 37.6 Å². The van der Waals surface area contributed by atoms with Gasteiger partial charge in [0.25, 0.3) is 0 Å². The molecule has 2 nitrogen and oxygen atoms in total. The summed E-state index contributed by atoms with van der Waals surface area (Å²) in [6.45, 7) is 10.7. The van der Waals surface area contributed by atoms with E-state index in [0.717, 1.165) is 22.6 Å². The van der Waals surface area contributed by atoms with Crippen LogP contribution in [-0.4, -0.2) is 9.97 Å². The van der Waals surface area contributed by atoms with Crippen LogP contribution >= 0.6 is 0 Å². The number of aromatic nitrogens is 2. The number of rotatable bonds is 1. The predicted molar refractivity (Wildman–Crippen MR) is 75.6 cm³/mol. The first-order valence-electron chi connectivity index (χ1n) is 6.29. The van der Waals surface area contributed by atoms with E-state index < -0.39 is 0 Å². The molecule has 0 saturated heterocycles. The summed E-state index contributed by atoms with van der Waals surface area (Å²) in [6.07, 6.45) is 1.92. The summed E-state index contributed by atoms with van der Waals surface area (Å²) in [5, 5.41) is 0. The van der Waals surface area contributed by atoms with Crippen molar-refractivity contribution in [2.45, 2.75) is 40.0 Å². The van der Waals surface area contributed by atoms with Gasteiger partial charge in [0.2, 0.25) is 0 Å². The normalized spacial score (nSPS) is 11.6. The van der Waals surface area contributed by atoms with E-state index in [1.54, 1.807) is 0 Å². The van der Waals surface area contributed by atoms with Crippen LogP contribution in [-0.2, 0) is 5.41 Å². The van der Waals surface area contributed by atoms with Crippen molar-refractivity contribution in [2.75, 3.05) is 0 Å². The van der Waals surface area contributed by atoms with Crippen molar-refractivity contribution in [1.82, 2.24) is 9.97 Å². The largest absolute Gasteiger partial charge is 0.236 e. The standard InChI is InChI=1S/C16H20N2/c1-11-6-8-13(9-7-11)15-17-10-12(2)14(18-15)16(3,4)5/h6-10H,1-5H3. The Morgan fingerprint density at radius 3 is 2.11 bits per heavy atom. The molecule has 0 aliphatic carbocycles. The summed E-state index contributed by atoms with van der Waals surface area (Å²) in [5.41, 5.74) is 4.64.